The molecule has 8 heteroatoms. The molecule has 0 bridgehead atoms. The maximum absolute atomic E-state index is 12.7. The lowest BCUT2D eigenvalue weighted by atomic mass is 10.1. The van der Waals surface area contributed by atoms with Gasteiger partial charge in [0, 0.05) is 17.3 Å². The lowest BCUT2D eigenvalue weighted by molar-refractivity contribution is -0.121. The highest BCUT2D eigenvalue weighted by atomic mass is 16.5. The second kappa shape index (κ2) is 9.95. The number of ether oxygens (including phenoxy) is 4. The summed E-state index contributed by atoms with van der Waals surface area (Å²) in [5.74, 6) is 1.80. The molecule has 8 nitrogen and oxygen atoms in total. The highest BCUT2D eigenvalue weighted by molar-refractivity contribution is 6.05. The van der Waals surface area contributed by atoms with Crippen LogP contribution < -0.4 is 29.2 Å². The summed E-state index contributed by atoms with van der Waals surface area (Å²) >= 11 is 0. The van der Waals surface area contributed by atoms with Gasteiger partial charge in [0.25, 0.3) is 11.8 Å². The van der Waals surface area contributed by atoms with Crippen molar-refractivity contribution >= 4 is 23.2 Å². The first-order chi connectivity index (χ1) is 16.1. The number of fused-ring (bicyclic) bond motifs is 1. The van der Waals surface area contributed by atoms with Gasteiger partial charge in [-0.15, -0.1) is 0 Å². The average molecular weight is 448 g/mol. The predicted octanol–water partition coefficient (Wildman–Crippen LogP) is 3.76. The Balaban J connectivity index is 1.45. The van der Waals surface area contributed by atoms with Crippen molar-refractivity contribution in [3.05, 3.63) is 72.3 Å². The van der Waals surface area contributed by atoms with Crippen LogP contribution in [0.4, 0.5) is 11.4 Å². The molecule has 0 fully saturated rings. The third-order valence-electron chi connectivity index (χ3n) is 5.13. The summed E-state index contributed by atoms with van der Waals surface area (Å²) in [4.78, 5) is 26.8. The fourth-order valence-electron chi connectivity index (χ4n) is 3.48. The Hall–Kier alpha value is -4.20. The van der Waals surface area contributed by atoms with Crippen molar-refractivity contribution in [2.75, 3.05) is 44.2 Å². The normalized spacial score (nSPS) is 12.4. The van der Waals surface area contributed by atoms with Crippen molar-refractivity contribution in [3.63, 3.8) is 0 Å². The minimum absolute atomic E-state index is 0.0780. The predicted molar refractivity (Wildman–Crippen MR) is 124 cm³/mol. The molecule has 0 atom stereocenters. The zero-order chi connectivity index (χ0) is 23.2. The molecule has 0 aliphatic carbocycles. The van der Waals surface area contributed by atoms with Crippen LogP contribution in [0.5, 0.6) is 23.0 Å². The number of hydrogen-bond acceptors (Lipinski definition) is 6. The molecule has 2 amide bonds. The van der Waals surface area contributed by atoms with Gasteiger partial charge in [-0.25, -0.2) is 0 Å². The van der Waals surface area contributed by atoms with Crippen molar-refractivity contribution in [2.24, 2.45) is 0 Å². The van der Waals surface area contributed by atoms with E-state index in [1.165, 1.54) is 14.2 Å². The molecule has 0 saturated heterocycles. The van der Waals surface area contributed by atoms with Crippen LogP contribution in [-0.2, 0) is 4.79 Å². The summed E-state index contributed by atoms with van der Waals surface area (Å²) in [7, 11) is 3.05. The summed E-state index contributed by atoms with van der Waals surface area (Å²) in [5, 5.41) is 2.84. The molecular weight excluding hydrogens is 424 g/mol. The third-order valence-corrected chi connectivity index (χ3v) is 5.13. The minimum atomic E-state index is -0.309. The van der Waals surface area contributed by atoms with Crippen LogP contribution in [0.3, 0.4) is 0 Å². The van der Waals surface area contributed by atoms with Crippen LogP contribution in [0.2, 0.25) is 0 Å². The van der Waals surface area contributed by atoms with Crippen LogP contribution >= 0.6 is 0 Å². The molecule has 4 rings (SSSR count). The number of benzene rings is 3. The number of para-hydroxylation sites is 1. The van der Waals surface area contributed by atoms with E-state index in [1.807, 2.05) is 30.3 Å². The fourth-order valence-corrected chi connectivity index (χ4v) is 3.48. The second-order valence-corrected chi connectivity index (χ2v) is 7.20. The Bertz CT molecular complexity index is 1150. The Morgan fingerprint density at radius 1 is 1.00 bits per heavy atom. The Labute approximate surface area is 191 Å². The van der Waals surface area contributed by atoms with E-state index in [2.05, 4.69) is 5.32 Å². The van der Waals surface area contributed by atoms with Gasteiger partial charge < -0.3 is 29.2 Å². The van der Waals surface area contributed by atoms with E-state index in [4.69, 9.17) is 18.9 Å². The summed E-state index contributed by atoms with van der Waals surface area (Å²) < 4.78 is 21.8. The van der Waals surface area contributed by atoms with Crippen LogP contribution in [0.1, 0.15) is 10.4 Å². The first kappa shape index (κ1) is 22.0. The molecule has 0 aromatic heterocycles. The second-order valence-electron chi connectivity index (χ2n) is 7.20. The molecule has 1 N–H and O–H groups in total. The molecule has 1 heterocycles. The fraction of sp³-hybridized carbons (Fsp3) is 0.200. The van der Waals surface area contributed by atoms with Gasteiger partial charge in [0.15, 0.2) is 18.1 Å². The molecule has 1 aliphatic heterocycles. The molecule has 170 valence electrons. The lowest BCUT2D eigenvalue weighted by Crippen LogP contribution is -2.41. The number of nitrogens with one attached hydrogen (secondary N) is 1. The number of nitrogens with zero attached hydrogens (tertiary/aromatic N) is 1. The number of amides is 2. The van der Waals surface area contributed by atoms with Gasteiger partial charge >= 0.3 is 0 Å². The van der Waals surface area contributed by atoms with Crippen molar-refractivity contribution in [1.82, 2.24) is 0 Å². The van der Waals surface area contributed by atoms with E-state index >= 15 is 0 Å². The molecule has 1 aliphatic rings. The maximum Gasteiger partial charge on any atom is 0.265 e. The number of carbonyl (C=O) groups excluding carboxylic acids is 2. The monoisotopic (exact) mass is 448 g/mol. The standard InChI is InChI=1S/C25H24N2O6/c1-30-21-11-8-17(14-23(21)31-2)25(29)26-18-9-10-20-22(15-18)33-16-24(28)27(20)12-13-32-19-6-4-3-5-7-19/h3-11,14-15H,12-13,16H2,1-2H3,(H,26,29). The molecular formula is C25H24N2O6. The van der Waals surface area contributed by atoms with Gasteiger partial charge in [0.1, 0.15) is 18.1 Å². The van der Waals surface area contributed by atoms with Crippen LogP contribution in [0, 0.1) is 0 Å². The zero-order valence-electron chi connectivity index (χ0n) is 18.4. The number of anilines is 2. The highest BCUT2D eigenvalue weighted by Crippen LogP contribution is 2.35. The molecule has 33 heavy (non-hydrogen) atoms. The van der Waals surface area contributed by atoms with E-state index in [-0.39, 0.29) is 18.4 Å². The molecule has 0 saturated carbocycles. The number of carbonyl (C=O) groups is 2. The molecule has 0 spiro atoms. The lowest BCUT2D eigenvalue weighted by Gasteiger charge is -2.29. The molecule has 0 radical (unpaired) electrons. The highest BCUT2D eigenvalue weighted by Gasteiger charge is 2.26. The van der Waals surface area contributed by atoms with Gasteiger partial charge in [-0.2, -0.15) is 0 Å². The van der Waals surface area contributed by atoms with E-state index in [0.717, 1.165) is 5.75 Å². The van der Waals surface area contributed by atoms with Gasteiger partial charge in [-0.3, -0.25) is 9.59 Å². The first-order valence-corrected chi connectivity index (χ1v) is 10.4. The van der Waals surface area contributed by atoms with Gasteiger partial charge in [0.05, 0.1) is 26.5 Å². The zero-order valence-corrected chi connectivity index (χ0v) is 18.4. The third kappa shape index (κ3) is 5.01. The Morgan fingerprint density at radius 3 is 2.55 bits per heavy atom. The summed E-state index contributed by atoms with van der Waals surface area (Å²) in [6.07, 6.45) is 0. The number of rotatable bonds is 8. The Morgan fingerprint density at radius 2 is 1.79 bits per heavy atom. The quantitative estimate of drug-likeness (QED) is 0.565. The Kier molecular flexibility index (Phi) is 6.64. The van der Waals surface area contributed by atoms with E-state index < -0.39 is 0 Å². The summed E-state index contributed by atoms with van der Waals surface area (Å²) in [6, 6.07) is 19.5. The van der Waals surface area contributed by atoms with Gasteiger partial charge in [-0.05, 0) is 42.5 Å². The smallest absolute Gasteiger partial charge is 0.265 e. The van der Waals surface area contributed by atoms with Gasteiger partial charge in [0.2, 0.25) is 0 Å². The largest absolute Gasteiger partial charge is 0.493 e. The SMILES string of the molecule is COc1ccc(C(=O)Nc2ccc3c(c2)OCC(=O)N3CCOc2ccccc2)cc1OC. The van der Waals surface area contributed by atoms with Crippen LogP contribution in [0.25, 0.3) is 0 Å². The van der Waals surface area contributed by atoms with Crippen molar-refractivity contribution in [1.29, 1.82) is 0 Å². The van der Waals surface area contributed by atoms with E-state index in [1.54, 1.807) is 41.3 Å². The van der Waals surface area contributed by atoms with Crippen molar-refractivity contribution in [3.8, 4) is 23.0 Å². The summed E-state index contributed by atoms with van der Waals surface area (Å²) in [5.41, 5.74) is 1.59. The summed E-state index contributed by atoms with van der Waals surface area (Å²) in [6.45, 7) is 0.639. The average Bonchev–Trinajstić information content (AvgIpc) is 2.85. The van der Waals surface area contributed by atoms with Crippen LogP contribution in [0.15, 0.2) is 66.7 Å². The first-order valence-electron chi connectivity index (χ1n) is 10.4. The van der Waals surface area contributed by atoms with Crippen LogP contribution in [-0.4, -0.2) is 45.8 Å². The number of hydrogen-bond donors (Lipinski definition) is 1. The topological polar surface area (TPSA) is 86.3 Å². The van der Waals surface area contributed by atoms with E-state index in [9.17, 15) is 9.59 Å². The molecule has 0 unspecified atom stereocenters. The van der Waals surface area contributed by atoms with Crippen molar-refractivity contribution in [2.45, 2.75) is 0 Å². The van der Waals surface area contributed by atoms with Gasteiger partial charge in [-0.1, -0.05) is 18.2 Å². The maximum atomic E-state index is 12.7. The van der Waals surface area contributed by atoms with E-state index in [0.29, 0.717) is 47.3 Å². The van der Waals surface area contributed by atoms with Crippen molar-refractivity contribution < 1.29 is 28.5 Å². The molecule has 3 aromatic rings. The molecule has 3 aromatic carbocycles. The number of methoxy groups -OCH3 is 2. The minimum Gasteiger partial charge on any atom is -0.493 e.